The molecule has 0 aliphatic carbocycles. The second kappa shape index (κ2) is 9.75. The Bertz CT molecular complexity index is 354. The highest BCUT2D eigenvalue weighted by atomic mass is 16.5. The van der Waals surface area contributed by atoms with Gasteiger partial charge in [0.2, 0.25) is 0 Å². The van der Waals surface area contributed by atoms with E-state index in [4.69, 9.17) is 9.47 Å². The van der Waals surface area contributed by atoms with E-state index in [0.29, 0.717) is 6.04 Å². The molecule has 0 saturated heterocycles. The third-order valence-corrected chi connectivity index (χ3v) is 3.49. The quantitative estimate of drug-likeness (QED) is 0.713. The van der Waals surface area contributed by atoms with E-state index in [1.165, 1.54) is 5.56 Å². The molecule has 0 amide bonds. The van der Waals surface area contributed by atoms with Crippen LogP contribution in [0.2, 0.25) is 0 Å². The van der Waals surface area contributed by atoms with Crippen LogP contribution in [0.4, 0.5) is 0 Å². The maximum atomic E-state index is 5.19. The molecule has 1 atom stereocenters. The smallest absolute Gasteiger partial charge is 0.118 e. The van der Waals surface area contributed by atoms with Gasteiger partial charge in [0, 0.05) is 32.8 Å². The molecule has 20 heavy (non-hydrogen) atoms. The fourth-order valence-electron chi connectivity index (χ4n) is 2.12. The highest BCUT2D eigenvalue weighted by molar-refractivity contribution is 5.29. The molecule has 0 heterocycles. The Hall–Kier alpha value is -1.10. The normalized spacial score (nSPS) is 12.7. The number of methoxy groups -OCH3 is 2. The van der Waals surface area contributed by atoms with Crippen molar-refractivity contribution in [3.63, 3.8) is 0 Å². The summed E-state index contributed by atoms with van der Waals surface area (Å²) in [6.45, 7) is 5.96. The number of nitrogens with zero attached hydrogens (tertiary/aromatic N) is 1. The summed E-state index contributed by atoms with van der Waals surface area (Å²) in [5.41, 5.74) is 1.31. The van der Waals surface area contributed by atoms with E-state index < -0.39 is 0 Å². The summed E-state index contributed by atoms with van der Waals surface area (Å²) in [5.74, 6) is 0.905. The standard InChI is InChI=1S/C16H28N2O2/c1-5-16(14-6-8-15(20-4)9-7-14)17-10-11-18(2)12-13-19-3/h6-9,16-17H,5,10-13H2,1-4H3. The molecule has 4 nitrogen and oxygen atoms in total. The van der Waals surface area contributed by atoms with Crippen LogP contribution in [-0.2, 0) is 4.74 Å². The molecule has 0 spiro atoms. The van der Waals surface area contributed by atoms with Crippen molar-refractivity contribution < 1.29 is 9.47 Å². The molecule has 0 aliphatic rings. The van der Waals surface area contributed by atoms with Gasteiger partial charge in [-0.15, -0.1) is 0 Å². The van der Waals surface area contributed by atoms with Crippen LogP contribution in [0.15, 0.2) is 24.3 Å². The van der Waals surface area contributed by atoms with Gasteiger partial charge in [-0.3, -0.25) is 0 Å². The van der Waals surface area contributed by atoms with Crippen LogP contribution in [0.3, 0.4) is 0 Å². The average Bonchev–Trinajstić information content (AvgIpc) is 2.49. The summed E-state index contributed by atoms with van der Waals surface area (Å²) >= 11 is 0. The summed E-state index contributed by atoms with van der Waals surface area (Å²) in [7, 11) is 5.55. The topological polar surface area (TPSA) is 33.7 Å². The van der Waals surface area contributed by atoms with Crippen LogP contribution >= 0.6 is 0 Å². The molecule has 1 aromatic rings. The molecule has 0 fully saturated rings. The molecule has 4 heteroatoms. The lowest BCUT2D eigenvalue weighted by Gasteiger charge is -2.21. The lowest BCUT2D eigenvalue weighted by atomic mass is 10.0. The lowest BCUT2D eigenvalue weighted by Crippen LogP contribution is -2.33. The number of rotatable bonds is 10. The monoisotopic (exact) mass is 280 g/mol. The van der Waals surface area contributed by atoms with Crippen LogP contribution in [0.1, 0.15) is 24.9 Å². The minimum absolute atomic E-state index is 0.400. The van der Waals surface area contributed by atoms with E-state index in [2.05, 4.69) is 36.3 Å². The highest BCUT2D eigenvalue weighted by Crippen LogP contribution is 2.19. The molecular formula is C16H28N2O2. The molecule has 1 unspecified atom stereocenters. The van der Waals surface area contributed by atoms with Crippen LogP contribution in [0, 0.1) is 0 Å². The SMILES string of the molecule is CCC(NCCN(C)CCOC)c1ccc(OC)cc1. The van der Waals surface area contributed by atoms with Gasteiger partial charge in [-0.1, -0.05) is 19.1 Å². The van der Waals surface area contributed by atoms with Gasteiger partial charge in [0.05, 0.1) is 13.7 Å². The summed E-state index contributed by atoms with van der Waals surface area (Å²) in [4.78, 5) is 2.28. The molecule has 1 rings (SSSR count). The fourth-order valence-corrected chi connectivity index (χ4v) is 2.12. The summed E-state index contributed by atoms with van der Waals surface area (Å²) in [6, 6.07) is 8.70. The Balaban J connectivity index is 2.38. The molecule has 0 saturated carbocycles. The zero-order valence-corrected chi connectivity index (χ0v) is 13.2. The van der Waals surface area contributed by atoms with E-state index in [1.54, 1.807) is 14.2 Å². The third kappa shape index (κ3) is 5.90. The first kappa shape index (κ1) is 17.0. The molecule has 0 aliphatic heterocycles. The Morgan fingerprint density at radius 1 is 1.15 bits per heavy atom. The minimum atomic E-state index is 0.400. The van der Waals surface area contributed by atoms with E-state index in [0.717, 1.165) is 38.4 Å². The Morgan fingerprint density at radius 3 is 2.40 bits per heavy atom. The number of benzene rings is 1. The average molecular weight is 280 g/mol. The molecule has 114 valence electrons. The number of ether oxygens (including phenoxy) is 2. The first-order chi connectivity index (χ1) is 9.71. The van der Waals surface area contributed by atoms with Crippen molar-refractivity contribution in [2.45, 2.75) is 19.4 Å². The van der Waals surface area contributed by atoms with Gasteiger partial charge in [0.1, 0.15) is 5.75 Å². The second-order valence-corrected chi connectivity index (χ2v) is 4.98. The van der Waals surface area contributed by atoms with Crippen LogP contribution in [0.25, 0.3) is 0 Å². The third-order valence-electron chi connectivity index (χ3n) is 3.49. The lowest BCUT2D eigenvalue weighted by molar-refractivity contribution is 0.161. The molecule has 0 radical (unpaired) electrons. The van der Waals surface area contributed by atoms with Crippen molar-refractivity contribution in [3.05, 3.63) is 29.8 Å². The summed E-state index contributed by atoms with van der Waals surface area (Å²) < 4.78 is 10.3. The summed E-state index contributed by atoms with van der Waals surface area (Å²) in [5, 5.41) is 3.61. The first-order valence-corrected chi connectivity index (χ1v) is 7.26. The van der Waals surface area contributed by atoms with E-state index in [1.807, 2.05) is 12.1 Å². The number of nitrogens with one attached hydrogen (secondary N) is 1. The van der Waals surface area contributed by atoms with Gasteiger partial charge in [0.15, 0.2) is 0 Å². The van der Waals surface area contributed by atoms with Gasteiger partial charge < -0.3 is 19.7 Å². The van der Waals surface area contributed by atoms with Gasteiger partial charge in [-0.25, -0.2) is 0 Å². The van der Waals surface area contributed by atoms with Crippen LogP contribution < -0.4 is 10.1 Å². The zero-order chi connectivity index (χ0) is 14.8. The first-order valence-electron chi connectivity index (χ1n) is 7.26. The number of likely N-dealkylation sites (N-methyl/N-ethyl adjacent to an activating group) is 1. The molecule has 1 aromatic carbocycles. The predicted molar refractivity (Wildman–Crippen MR) is 83.4 cm³/mol. The maximum Gasteiger partial charge on any atom is 0.118 e. The van der Waals surface area contributed by atoms with Crippen LogP contribution in [-0.4, -0.2) is 52.4 Å². The van der Waals surface area contributed by atoms with Crippen molar-refractivity contribution >= 4 is 0 Å². The van der Waals surface area contributed by atoms with Gasteiger partial charge in [-0.05, 0) is 31.2 Å². The Kier molecular flexibility index (Phi) is 8.26. The predicted octanol–water partition coefficient (Wildman–Crippen LogP) is 2.31. The minimum Gasteiger partial charge on any atom is -0.497 e. The Labute approximate surface area is 123 Å². The van der Waals surface area contributed by atoms with Crippen molar-refractivity contribution in [1.29, 1.82) is 0 Å². The largest absolute Gasteiger partial charge is 0.497 e. The van der Waals surface area contributed by atoms with Gasteiger partial charge >= 0.3 is 0 Å². The van der Waals surface area contributed by atoms with E-state index in [9.17, 15) is 0 Å². The van der Waals surface area contributed by atoms with E-state index in [-0.39, 0.29) is 0 Å². The summed E-state index contributed by atoms with van der Waals surface area (Å²) in [6.07, 6.45) is 1.08. The molecule has 1 N–H and O–H groups in total. The molecule has 0 aromatic heterocycles. The highest BCUT2D eigenvalue weighted by Gasteiger charge is 2.08. The number of hydrogen-bond acceptors (Lipinski definition) is 4. The van der Waals surface area contributed by atoms with Gasteiger partial charge in [-0.2, -0.15) is 0 Å². The maximum absolute atomic E-state index is 5.19. The number of hydrogen-bond donors (Lipinski definition) is 1. The molecule has 0 bridgehead atoms. The van der Waals surface area contributed by atoms with E-state index >= 15 is 0 Å². The Morgan fingerprint density at radius 2 is 1.85 bits per heavy atom. The van der Waals surface area contributed by atoms with Crippen LogP contribution in [0.5, 0.6) is 5.75 Å². The fraction of sp³-hybridized carbons (Fsp3) is 0.625. The van der Waals surface area contributed by atoms with Crippen molar-refractivity contribution in [1.82, 2.24) is 10.2 Å². The van der Waals surface area contributed by atoms with Crippen molar-refractivity contribution in [2.75, 3.05) is 47.5 Å². The molecular weight excluding hydrogens is 252 g/mol. The van der Waals surface area contributed by atoms with Gasteiger partial charge in [0.25, 0.3) is 0 Å². The zero-order valence-electron chi connectivity index (χ0n) is 13.2. The van der Waals surface area contributed by atoms with Crippen molar-refractivity contribution in [2.24, 2.45) is 0 Å². The second-order valence-electron chi connectivity index (χ2n) is 4.98. The van der Waals surface area contributed by atoms with Crippen molar-refractivity contribution in [3.8, 4) is 5.75 Å².